The molecule has 1 N–H and O–H groups in total. The van der Waals surface area contributed by atoms with E-state index in [0.29, 0.717) is 12.2 Å². The Labute approximate surface area is 158 Å². The fraction of sp³-hybridized carbons (Fsp3) is 0.167. The molecule has 0 aromatic carbocycles. The number of rotatable bonds is 5. The highest BCUT2D eigenvalue weighted by atomic mass is 32.1. The van der Waals surface area contributed by atoms with Crippen LogP contribution in [-0.4, -0.2) is 20.7 Å². The van der Waals surface area contributed by atoms with Crippen LogP contribution in [0.25, 0.3) is 21.3 Å². The maximum absolute atomic E-state index is 12.6. The number of carbonyl (C=O) groups is 1. The molecule has 0 aliphatic heterocycles. The number of amides is 1. The predicted octanol–water partition coefficient (Wildman–Crippen LogP) is 4.10. The maximum atomic E-state index is 12.6. The van der Waals surface area contributed by atoms with Gasteiger partial charge in [-0.1, -0.05) is 6.07 Å². The Morgan fingerprint density at radius 2 is 2.23 bits per heavy atom. The van der Waals surface area contributed by atoms with E-state index in [1.165, 1.54) is 11.3 Å². The molecule has 132 valence electrons. The molecule has 6 nitrogen and oxygen atoms in total. The number of aryl methyl sites for hydroxylation is 2. The van der Waals surface area contributed by atoms with Crippen molar-refractivity contribution in [1.82, 2.24) is 20.1 Å². The lowest BCUT2D eigenvalue weighted by atomic mass is 10.3. The van der Waals surface area contributed by atoms with Crippen molar-refractivity contribution in [3.05, 3.63) is 58.2 Å². The zero-order chi connectivity index (χ0) is 18.1. The van der Waals surface area contributed by atoms with Crippen molar-refractivity contribution < 1.29 is 9.21 Å². The topological polar surface area (TPSA) is 73.0 Å². The van der Waals surface area contributed by atoms with Crippen LogP contribution in [0.15, 0.2) is 46.4 Å². The lowest BCUT2D eigenvalue weighted by Crippen LogP contribution is -2.25. The summed E-state index contributed by atoms with van der Waals surface area (Å²) in [7, 11) is 1.78. The third-order valence-electron chi connectivity index (χ3n) is 3.92. The number of hydrogen-bond donors (Lipinski definition) is 1. The van der Waals surface area contributed by atoms with Crippen LogP contribution in [-0.2, 0) is 13.6 Å². The Kier molecular flexibility index (Phi) is 4.44. The van der Waals surface area contributed by atoms with E-state index < -0.39 is 0 Å². The van der Waals surface area contributed by atoms with E-state index in [1.807, 2.05) is 42.6 Å². The lowest BCUT2D eigenvalue weighted by Gasteiger charge is -2.04. The molecule has 4 heterocycles. The van der Waals surface area contributed by atoms with Crippen molar-refractivity contribution in [3.8, 4) is 21.3 Å². The first-order valence-electron chi connectivity index (χ1n) is 7.98. The van der Waals surface area contributed by atoms with Crippen molar-refractivity contribution in [2.24, 2.45) is 7.05 Å². The average Bonchev–Trinajstić information content (AvgIpc) is 3.39. The fourth-order valence-electron chi connectivity index (χ4n) is 2.57. The zero-order valence-corrected chi connectivity index (χ0v) is 15.9. The molecular formula is C18H16N4O2S2. The molecule has 0 aliphatic rings. The largest absolute Gasteiger partial charge is 0.462 e. The molecule has 0 bridgehead atoms. The molecule has 0 saturated carbocycles. The number of nitrogens with one attached hydrogen (secondary N) is 1. The number of aromatic nitrogens is 3. The van der Waals surface area contributed by atoms with Crippen molar-refractivity contribution in [3.63, 3.8) is 0 Å². The van der Waals surface area contributed by atoms with Crippen LogP contribution >= 0.6 is 22.7 Å². The highest BCUT2D eigenvalue weighted by molar-refractivity contribution is 7.15. The molecule has 0 unspecified atom stereocenters. The van der Waals surface area contributed by atoms with E-state index in [9.17, 15) is 4.79 Å². The molecule has 0 radical (unpaired) electrons. The van der Waals surface area contributed by atoms with E-state index in [1.54, 1.807) is 29.3 Å². The minimum Gasteiger partial charge on any atom is -0.462 e. The molecule has 0 spiro atoms. The summed E-state index contributed by atoms with van der Waals surface area (Å²) < 4.78 is 7.00. The minimum atomic E-state index is -0.157. The van der Waals surface area contributed by atoms with Crippen molar-refractivity contribution in [1.29, 1.82) is 0 Å². The van der Waals surface area contributed by atoms with Gasteiger partial charge in [-0.3, -0.25) is 9.48 Å². The molecule has 4 rings (SSSR count). The average molecular weight is 384 g/mol. The highest BCUT2D eigenvalue weighted by Gasteiger charge is 2.16. The monoisotopic (exact) mass is 384 g/mol. The second-order valence-electron chi connectivity index (χ2n) is 5.70. The van der Waals surface area contributed by atoms with Gasteiger partial charge in [0, 0.05) is 11.9 Å². The number of hydrogen-bond acceptors (Lipinski definition) is 6. The molecule has 4 aromatic rings. The molecule has 26 heavy (non-hydrogen) atoms. The zero-order valence-electron chi connectivity index (χ0n) is 14.2. The Balaban J connectivity index is 1.48. The van der Waals surface area contributed by atoms with Gasteiger partial charge in [0.1, 0.15) is 11.4 Å². The third-order valence-corrected chi connectivity index (χ3v) is 5.98. The number of carbonyl (C=O) groups excluding carboxylic acids is 1. The minimum absolute atomic E-state index is 0.157. The summed E-state index contributed by atoms with van der Waals surface area (Å²) >= 11 is 3.12. The number of furan rings is 1. The SMILES string of the molecule is Cc1nc(-c2ccco2)sc1CNC(=O)c1cc(-c2cccs2)nn1C. The van der Waals surface area contributed by atoms with Crippen LogP contribution in [0.3, 0.4) is 0 Å². The van der Waals surface area contributed by atoms with Crippen LogP contribution in [0.1, 0.15) is 21.1 Å². The summed E-state index contributed by atoms with van der Waals surface area (Å²) in [6.45, 7) is 2.35. The standard InChI is InChI=1S/C18H16N4O2S2/c1-11-16(26-18(20-11)14-5-3-7-24-14)10-19-17(23)13-9-12(21-22(13)2)15-6-4-8-25-15/h3-9H,10H2,1-2H3,(H,19,23). The molecule has 0 aliphatic carbocycles. The molecular weight excluding hydrogens is 368 g/mol. The Morgan fingerprint density at radius 3 is 2.96 bits per heavy atom. The summed E-state index contributed by atoms with van der Waals surface area (Å²) in [5, 5.41) is 10.2. The molecule has 0 fully saturated rings. The Hall–Kier alpha value is -2.71. The number of thiophene rings is 1. The summed E-state index contributed by atoms with van der Waals surface area (Å²) in [4.78, 5) is 19.1. The maximum Gasteiger partial charge on any atom is 0.269 e. The fourth-order valence-corrected chi connectivity index (χ4v) is 4.23. The van der Waals surface area contributed by atoms with Gasteiger partial charge in [0.2, 0.25) is 0 Å². The van der Waals surface area contributed by atoms with E-state index in [4.69, 9.17) is 4.42 Å². The molecule has 4 aromatic heterocycles. The highest BCUT2D eigenvalue weighted by Crippen LogP contribution is 2.28. The van der Waals surface area contributed by atoms with Gasteiger partial charge in [0.05, 0.1) is 23.4 Å². The summed E-state index contributed by atoms with van der Waals surface area (Å²) in [5.41, 5.74) is 2.23. The number of thiazole rings is 1. The van der Waals surface area contributed by atoms with Crippen LogP contribution in [0.4, 0.5) is 0 Å². The van der Waals surface area contributed by atoms with E-state index >= 15 is 0 Å². The van der Waals surface area contributed by atoms with Crippen LogP contribution in [0.2, 0.25) is 0 Å². The van der Waals surface area contributed by atoms with Crippen molar-refractivity contribution in [2.45, 2.75) is 13.5 Å². The summed E-state index contributed by atoms with van der Waals surface area (Å²) in [6.07, 6.45) is 1.63. The second kappa shape index (κ2) is 6.89. The number of nitrogens with zero attached hydrogens (tertiary/aromatic N) is 3. The van der Waals surface area contributed by atoms with Gasteiger partial charge in [-0.2, -0.15) is 5.10 Å². The third kappa shape index (κ3) is 3.21. The first kappa shape index (κ1) is 16.7. The van der Waals surface area contributed by atoms with Gasteiger partial charge in [-0.25, -0.2) is 4.98 Å². The second-order valence-corrected chi connectivity index (χ2v) is 7.73. The van der Waals surface area contributed by atoms with Crippen LogP contribution in [0.5, 0.6) is 0 Å². The first-order chi connectivity index (χ1) is 12.6. The van der Waals surface area contributed by atoms with E-state index in [0.717, 1.165) is 31.9 Å². The molecule has 1 amide bonds. The Morgan fingerprint density at radius 1 is 1.35 bits per heavy atom. The van der Waals surface area contributed by atoms with E-state index in [-0.39, 0.29) is 5.91 Å². The summed E-state index contributed by atoms with van der Waals surface area (Å²) in [5.74, 6) is 0.582. The van der Waals surface area contributed by atoms with Gasteiger partial charge < -0.3 is 9.73 Å². The quantitative estimate of drug-likeness (QED) is 0.562. The predicted molar refractivity (Wildman–Crippen MR) is 102 cm³/mol. The van der Waals surface area contributed by atoms with Gasteiger partial charge in [-0.05, 0) is 36.6 Å². The molecule has 8 heteroatoms. The smallest absolute Gasteiger partial charge is 0.269 e. The summed E-state index contributed by atoms with van der Waals surface area (Å²) in [6, 6.07) is 9.49. The normalized spacial score (nSPS) is 11.0. The van der Waals surface area contributed by atoms with Crippen molar-refractivity contribution in [2.75, 3.05) is 0 Å². The van der Waals surface area contributed by atoms with Crippen molar-refractivity contribution >= 4 is 28.6 Å². The van der Waals surface area contributed by atoms with Gasteiger partial charge >= 0.3 is 0 Å². The first-order valence-corrected chi connectivity index (χ1v) is 9.67. The van der Waals surface area contributed by atoms with Crippen LogP contribution in [0, 0.1) is 6.92 Å². The van der Waals surface area contributed by atoms with Gasteiger partial charge in [0.25, 0.3) is 5.91 Å². The lowest BCUT2D eigenvalue weighted by molar-refractivity contribution is 0.0942. The Bertz CT molecular complexity index is 1030. The van der Waals surface area contributed by atoms with Gasteiger partial charge in [0.15, 0.2) is 10.8 Å². The molecule has 0 atom stereocenters. The van der Waals surface area contributed by atoms with Crippen LogP contribution < -0.4 is 5.32 Å². The van der Waals surface area contributed by atoms with Gasteiger partial charge in [-0.15, -0.1) is 22.7 Å². The molecule has 0 saturated heterocycles. The van der Waals surface area contributed by atoms with E-state index in [2.05, 4.69) is 15.4 Å².